The molecule has 0 radical (unpaired) electrons. The number of pyridine rings is 3. The number of nitrogens with one attached hydrogen (secondary N) is 2. The molecule has 1 saturated heterocycles. The average Bonchev–Trinajstić information content (AvgIpc) is 3.63. The fraction of sp³-hybridized carbons (Fsp3) is 0.171. The SMILES string of the molecule is CN(c1ccc(-c2ccc(C(=O)NCC#Cc3ccn4ncc(N5CCC(=O)NC5=O)c4c3)nc2)nc1)c1ccc2c(c1)n(C)c(=O)n2C. The number of benzene rings is 1. The maximum atomic E-state index is 12.7. The first-order valence-corrected chi connectivity index (χ1v) is 15.4. The second-order valence-corrected chi connectivity index (χ2v) is 11.5. The highest BCUT2D eigenvalue weighted by Gasteiger charge is 2.26. The van der Waals surface area contributed by atoms with Crippen LogP contribution in [0, 0.1) is 11.8 Å². The Hall–Kier alpha value is -6.75. The molecule has 14 nitrogen and oxygen atoms in total. The molecule has 6 heterocycles. The van der Waals surface area contributed by atoms with Gasteiger partial charge in [0, 0.05) is 63.3 Å². The van der Waals surface area contributed by atoms with Crippen molar-refractivity contribution in [3.05, 3.63) is 101 Å². The summed E-state index contributed by atoms with van der Waals surface area (Å²) in [5.41, 5.74) is 7.04. The molecular weight excluding hydrogens is 624 g/mol. The molecule has 0 aliphatic carbocycles. The summed E-state index contributed by atoms with van der Waals surface area (Å²) in [6.07, 6.45) is 6.88. The summed E-state index contributed by atoms with van der Waals surface area (Å²) in [5, 5.41) is 9.36. The van der Waals surface area contributed by atoms with Gasteiger partial charge in [-0.15, -0.1) is 0 Å². The van der Waals surface area contributed by atoms with E-state index >= 15 is 0 Å². The van der Waals surface area contributed by atoms with Crippen molar-refractivity contribution in [3.63, 3.8) is 0 Å². The van der Waals surface area contributed by atoms with Gasteiger partial charge < -0.3 is 10.2 Å². The third-order valence-corrected chi connectivity index (χ3v) is 8.49. The van der Waals surface area contributed by atoms with Gasteiger partial charge in [0.25, 0.3) is 5.91 Å². The topological polar surface area (TPSA) is 152 Å². The van der Waals surface area contributed by atoms with Crippen molar-refractivity contribution in [2.24, 2.45) is 14.1 Å². The lowest BCUT2D eigenvalue weighted by Crippen LogP contribution is -2.49. The van der Waals surface area contributed by atoms with Crippen molar-refractivity contribution in [1.29, 1.82) is 0 Å². The lowest BCUT2D eigenvalue weighted by molar-refractivity contribution is -0.120. The number of imidazole rings is 1. The maximum Gasteiger partial charge on any atom is 0.328 e. The van der Waals surface area contributed by atoms with Crippen LogP contribution in [0.3, 0.4) is 0 Å². The van der Waals surface area contributed by atoms with Gasteiger partial charge in [0.2, 0.25) is 5.91 Å². The van der Waals surface area contributed by atoms with Gasteiger partial charge in [-0.2, -0.15) is 5.10 Å². The van der Waals surface area contributed by atoms with Crippen molar-refractivity contribution in [2.75, 3.05) is 29.9 Å². The molecular formula is C35H30N10O4. The van der Waals surface area contributed by atoms with E-state index < -0.39 is 6.03 Å². The minimum Gasteiger partial charge on any atom is -0.343 e. The number of anilines is 3. The second kappa shape index (κ2) is 12.5. The largest absolute Gasteiger partial charge is 0.343 e. The summed E-state index contributed by atoms with van der Waals surface area (Å²) in [5.74, 6) is 5.30. The fourth-order valence-electron chi connectivity index (χ4n) is 5.70. The molecule has 14 heteroatoms. The van der Waals surface area contributed by atoms with Crippen LogP contribution in [0.4, 0.5) is 21.9 Å². The van der Waals surface area contributed by atoms with Gasteiger partial charge in [-0.05, 0) is 54.6 Å². The monoisotopic (exact) mass is 654 g/mol. The average molecular weight is 655 g/mol. The number of aryl methyl sites for hydroxylation is 2. The molecule has 6 aromatic rings. The van der Waals surface area contributed by atoms with Gasteiger partial charge in [0.05, 0.1) is 52.6 Å². The summed E-state index contributed by atoms with van der Waals surface area (Å²) < 4.78 is 4.88. The first-order valence-electron chi connectivity index (χ1n) is 15.4. The van der Waals surface area contributed by atoms with Crippen molar-refractivity contribution >= 4 is 51.5 Å². The molecule has 7 rings (SSSR count). The van der Waals surface area contributed by atoms with E-state index in [-0.39, 0.29) is 42.7 Å². The second-order valence-electron chi connectivity index (χ2n) is 11.5. The minimum atomic E-state index is -0.488. The highest BCUT2D eigenvalue weighted by atomic mass is 16.2. The number of carbonyl (C=O) groups excluding carboxylic acids is 3. The molecule has 0 unspecified atom stereocenters. The number of hydrogen-bond donors (Lipinski definition) is 2. The Labute approximate surface area is 279 Å². The van der Waals surface area contributed by atoms with E-state index in [4.69, 9.17) is 0 Å². The standard InChI is InChI=1S/C35H30N10O4/c1-41(24-8-11-28-29(18-24)43(3)35(49)42(28)2)25-7-10-26(38-20-25)23-6-9-27(37-19-23)33(47)36-14-4-5-22-12-16-45-30(17-22)31(21-39-45)44-15-13-32(46)40-34(44)48/h6-12,16-21H,13-15H2,1-3H3,(H,36,47)(H,40,46,48). The van der Waals surface area contributed by atoms with Crippen LogP contribution < -0.4 is 26.1 Å². The Morgan fingerprint density at radius 1 is 0.918 bits per heavy atom. The molecule has 0 bridgehead atoms. The molecule has 0 spiro atoms. The highest BCUT2D eigenvalue weighted by molar-refractivity contribution is 6.07. The molecule has 0 saturated carbocycles. The normalized spacial score (nSPS) is 12.9. The van der Waals surface area contributed by atoms with Crippen LogP contribution in [-0.4, -0.2) is 66.7 Å². The third-order valence-electron chi connectivity index (χ3n) is 8.49. The quantitative estimate of drug-likeness (QED) is 0.260. The molecule has 49 heavy (non-hydrogen) atoms. The Morgan fingerprint density at radius 3 is 2.49 bits per heavy atom. The smallest absolute Gasteiger partial charge is 0.328 e. The number of amides is 4. The number of urea groups is 1. The van der Waals surface area contributed by atoms with Crippen LogP contribution >= 0.6 is 0 Å². The number of carbonyl (C=O) groups is 3. The highest BCUT2D eigenvalue weighted by Crippen LogP contribution is 2.28. The van der Waals surface area contributed by atoms with Gasteiger partial charge in [0.15, 0.2) is 0 Å². The number of hydrogen-bond acceptors (Lipinski definition) is 8. The van der Waals surface area contributed by atoms with Gasteiger partial charge >= 0.3 is 11.7 Å². The Morgan fingerprint density at radius 2 is 1.73 bits per heavy atom. The van der Waals surface area contributed by atoms with Gasteiger partial charge in [-0.25, -0.2) is 14.1 Å². The maximum absolute atomic E-state index is 12.7. The zero-order valence-corrected chi connectivity index (χ0v) is 26.8. The molecule has 1 aliphatic heterocycles. The molecule has 4 amide bonds. The van der Waals surface area contributed by atoms with Crippen molar-refractivity contribution in [2.45, 2.75) is 6.42 Å². The number of nitrogens with zero attached hydrogens (tertiary/aromatic N) is 8. The molecule has 244 valence electrons. The van der Waals surface area contributed by atoms with E-state index in [1.807, 2.05) is 42.3 Å². The lowest BCUT2D eigenvalue weighted by atomic mass is 10.1. The van der Waals surface area contributed by atoms with E-state index in [1.54, 1.807) is 76.8 Å². The van der Waals surface area contributed by atoms with Crippen molar-refractivity contribution < 1.29 is 14.4 Å². The summed E-state index contributed by atoms with van der Waals surface area (Å²) in [4.78, 5) is 61.3. The zero-order valence-electron chi connectivity index (χ0n) is 26.8. The molecule has 1 aromatic carbocycles. The lowest BCUT2D eigenvalue weighted by Gasteiger charge is -2.25. The number of imide groups is 1. The summed E-state index contributed by atoms with van der Waals surface area (Å²) in [7, 11) is 5.46. The molecule has 2 N–H and O–H groups in total. The van der Waals surface area contributed by atoms with E-state index in [2.05, 4.69) is 37.5 Å². The van der Waals surface area contributed by atoms with Crippen LogP contribution in [0.5, 0.6) is 0 Å². The fourth-order valence-corrected chi connectivity index (χ4v) is 5.70. The first kappa shape index (κ1) is 30.9. The number of fused-ring (bicyclic) bond motifs is 2. The number of aromatic nitrogens is 6. The predicted octanol–water partition coefficient (Wildman–Crippen LogP) is 2.98. The van der Waals surface area contributed by atoms with E-state index in [9.17, 15) is 19.2 Å². The third kappa shape index (κ3) is 5.85. The van der Waals surface area contributed by atoms with Gasteiger partial charge in [-0.1, -0.05) is 11.8 Å². The number of rotatable bonds is 6. The molecule has 0 atom stereocenters. The first-order chi connectivity index (χ1) is 23.7. The van der Waals surface area contributed by atoms with E-state index in [0.29, 0.717) is 22.5 Å². The van der Waals surface area contributed by atoms with Gasteiger partial charge in [-0.3, -0.25) is 38.9 Å². The summed E-state index contributed by atoms with van der Waals surface area (Å²) >= 11 is 0. The zero-order chi connectivity index (χ0) is 34.2. The van der Waals surface area contributed by atoms with Crippen molar-refractivity contribution in [3.8, 4) is 23.1 Å². The minimum absolute atomic E-state index is 0.0741. The Kier molecular flexibility index (Phi) is 7.85. The Bertz CT molecular complexity index is 2400. The van der Waals surface area contributed by atoms with Crippen LogP contribution in [0.1, 0.15) is 22.5 Å². The van der Waals surface area contributed by atoms with Crippen LogP contribution in [0.25, 0.3) is 27.8 Å². The summed E-state index contributed by atoms with van der Waals surface area (Å²) in [6.45, 7) is 0.363. The van der Waals surface area contributed by atoms with Crippen LogP contribution in [-0.2, 0) is 18.9 Å². The van der Waals surface area contributed by atoms with Crippen LogP contribution in [0.2, 0.25) is 0 Å². The molecule has 1 fully saturated rings. The Balaban J connectivity index is 0.972. The summed E-state index contributed by atoms with van der Waals surface area (Å²) in [6, 6.07) is 16.2. The van der Waals surface area contributed by atoms with E-state index in [0.717, 1.165) is 28.0 Å². The predicted molar refractivity (Wildman–Crippen MR) is 184 cm³/mol. The molecule has 5 aromatic heterocycles. The van der Waals surface area contributed by atoms with Crippen molar-refractivity contribution in [1.82, 2.24) is 39.3 Å². The molecule has 1 aliphatic rings. The van der Waals surface area contributed by atoms with Gasteiger partial charge in [0.1, 0.15) is 5.69 Å². The van der Waals surface area contributed by atoms with E-state index in [1.165, 1.54) is 4.90 Å². The van der Waals surface area contributed by atoms with Crippen LogP contribution in [0.15, 0.2) is 84.2 Å².